The molecule has 0 spiro atoms. The Kier molecular flexibility index (Phi) is 6.69. The third-order valence-corrected chi connectivity index (χ3v) is 6.24. The Balaban J connectivity index is 1.50. The van der Waals surface area contributed by atoms with Gasteiger partial charge in [0, 0.05) is 11.4 Å². The molecule has 2 heterocycles. The molecule has 0 radical (unpaired) electrons. The zero-order valence-electron chi connectivity index (χ0n) is 17.2. The van der Waals surface area contributed by atoms with Crippen LogP contribution in [0.4, 0.5) is 5.69 Å². The summed E-state index contributed by atoms with van der Waals surface area (Å²) in [6.45, 7) is 4.60. The van der Waals surface area contributed by atoms with Crippen LogP contribution in [0.5, 0.6) is 5.75 Å². The first-order chi connectivity index (χ1) is 15.1. The maximum atomic E-state index is 12.5. The van der Waals surface area contributed by atoms with E-state index < -0.39 is 0 Å². The van der Waals surface area contributed by atoms with Crippen molar-refractivity contribution in [1.29, 1.82) is 0 Å². The lowest BCUT2D eigenvalue weighted by Crippen LogP contribution is -2.14. The summed E-state index contributed by atoms with van der Waals surface area (Å²) in [5.74, 6) is 1.67. The van der Waals surface area contributed by atoms with Crippen LogP contribution in [0.2, 0.25) is 0 Å². The number of rotatable bonds is 8. The number of benzene rings is 2. The molecule has 2 aromatic carbocycles. The van der Waals surface area contributed by atoms with Gasteiger partial charge in [-0.05, 0) is 61.7 Å². The standard InChI is InChI=1S/C23H22N4O2S2/c1-3-29-19-12-8-17(9-13-19)24-21(28)15-31-23-26-25-22(20-5-4-14-30-20)27(23)18-10-6-16(2)7-11-18/h4-14H,3,15H2,1-2H3,(H,24,28). The molecule has 0 saturated heterocycles. The average Bonchev–Trinajstić information content (AvgIpc) is 3.44. The number of carbonyl (C=O) groups excluding carboxylic acids is 1. The van der Waals surface area contributed by atoms with Crippen molar-refractivity contribution in [1.82, 2.24) is 14.8 Å². The third-order valence-electron chi connectivity index (χ3n) is 4.45. The highest BCUT2D eigenvalue weighted by Crippen LogP contribution is 2.30. The predicted octanol–water partition coefficient (Wildman–Crippen LogP) is 5.43. The SMILES string of the molecule is CCOc1ccc(NC(=O)CSc2nnc(-c3cccs3)n2-c2ccc(C)cc2)cc1. The van der Waals surface area contributed by atoms with Gasteiger partial charge in [-0.15, -0.1) is 21.5 Å². The summed E-state index contributed by atoms with van der Waals surface area (Å²) in [4.78, 5) is 13.5. The summed E-state index contributed by atoms with van der Waals surface area (Å²) >= 11 is 2.97. The van der Waals surface area contributed by atoms with E-state index in [-0.39, 0.29) is 11.7 Å². The molecule has 0 fully saturated rings. The number of aromatic nitrogens is 3. The summed E-state index contributed by atoms with van der Waals surface area (Å²) in [5.41, 5.74) is 2.88. The number of anilines is 1. The van der Waals surface area contributed by atoms with E-state index in [1.54, 1.807) is 11.3 Å². The first-order valence-electron chi connectivity index (χ1n) is 9.86. The van der Waals surface area contributed by atoms with Gasteiger partial charge in [-0.1, -0.05) is 35.5 Å². The van der Waals surface area contributed by atoms with Crippen LogP contribution in [-0.4, -0.2) is 33.0 Å². The van der Waals surface area contributed by atoms with Crippen LogP contribution >= 0.6 is 23.1 Å². The van der Waals surface area contributed by atoms with E-state index in [9.17, 15) is 4.79 Å². The summed E-state index contributed by atoms with van der Waals surface area (Å²) in [6.07, 6.45) is 0. The number of nitrogens with zero attached hydrogens (tertiary/aromatic N) is 3. The molecule has 0 saturated carbocycles. The Labute approximate surface area is 189 Å². The minimum atomic E-state index is -0.106. The fraction of sp³-hybridized carbons (Fsp3) is 0.174. The molecule has 4 rings (SSSR count). The summed E-state index contributed by atoms with van der Waals surface area (Å²) in [5, 5.41) is 14.4. The molecule has 1 N–H and O–H groups in total. The molecule has 6 nitrogen and oxygen atoms in total. The smallest absolute Gasteiger partial charge is 0.234 e. The molecule has 158 valence electrons. The van der Waals surface area contributed by atoms with Crippen molar-refractivity contribution < 1.29 is 9.53 Å². The number of hydrogen-bond acceptors (Lipinski definition) is 6. The van der Waals surface area contributed by atoms with Gasteiger partial charge in [-0.3, -0.25) is 9.36 Å². The Hall–Kier alpha value is -3.10. The van der Waals surface area contributed by atoms with E-state index in [1.807, 2.05) is 65.4 Å². The number of ether oxygens (including phenoxy) is 1. The normalized spacial score (nSPS) is 10.8. The second-order valence-corrected chi connectivity index (χ2v) is 8.64. The minimum Gasteiger partial charge on any atom is -0.494 e. The molecule has 1 amide bonds. The van der Waals surface area contributed by atoms with Crippen molar-refractivity contribution >= 4 is 34.7 Å². The Bertz CT molecular complexity index is 1140. The first kappa shape index (κ1) is 21.1. The average molecular weight is 451 g/mol. The van der Waals surface area contributed by atoms with Crippen molar-refractivity contribution in [2.75, 3.05) is 17.7 Å². The van der Waals surface area contributed by atoms with Crippen LogP contribution in [0, 0.1) is 6.92 Å². The Morgan fingerprint density at radius 3 is 2.55 bits per heavy atom. The molecular weight excluding hydrogens is 428 g/mol. The van der Waals surface area contributed by atoms with Gasteiger partial charge in [0.15, 0.2) is 11.0 Å². The van der Waals surface area contributed by atoms with E-state index >= 15 is 0 Å². The van der Waals surface area contributed by atoms with Crippen molar-refractivity contribution in [3.8, 4) is 22.1 Å². The van der Waals surface area contributed by atoms with E-state index in [0.717, 1.165) is 27.8 Å². The summed E-state index contributed by atoms with van der Waals surface area (Å²) in [7, 11) is 0. The number of aryl methyl sites for hydroxylation is 1. The lowest BCUT2D eigenvalue weighted by Gasteiger charge is -2.10. The van der Waals surface area contributed by atoms with Gasteiger partial charge in [0.25, 0.3) is 0 Å². The molecule has 4 aromatic rings. The zero-order chi connectivity index (χ0) is 21.6. The molecule has 2 aromatic heterocycles. The molecule has 0 unspecified atom stereocenters. The van der Waals surface area contributed by atoms with Gasteiger partial charge in [-0.2, -0.15) is 0 Å². The third kappa shape index (κ3) is 5.15. The van der Waals surface area contributed by atoms with Gasteiger partial charge >= 0.3 is 0 Å². The topological polar surface area (TPSA) is 69.0 Å². The van der Waals surface area contributed by atoms with Gasteiger partial charge < -0.3 is 10.1 Å². The van der Waals surface area contributed by atoms with Crippen molar-refractivity contribution in [3.05, 3.63) is 71.6 Å². The van der Waals surface area contributed by atoms with Crippen LogP contribution in [0.1, 0.15) is 12.5 Å². The Morgan fingerprint density at radius 1 is 1.10 bits per heavy atom. The number of thioether (sulfide) groups is 1. The van der Waals surface area contributed by atoms with Gasteiger partial charge in [0.2, 0.25) is 5.91 Å². The number of amides is 1. The number of carbonyl (C=O) groups is 1. The maximum Gasteiger partial charge on any atom is 0.234 e. The van der Waals surface area contributed by atoms with Crippen LogP contribution < -0.4 is 10.1 Å². The second kappa shape index (κ2) is 9.80. The van der Waals surface area contributed by atoms with E-state index in [4.69, 9.17) is 4.74 Å². The summed E-state index contributed by atoms with van der Waals surface area (Å²) in [6, 6.07) is 19.5. The fourth-order valence-electron chi connectivity index (χ4n) is 2.98. The highest BCUT2D eigenvalue weighted by atomic mass is 32.2. The number of thiophene rings is 1. The molecular formula is C23H22N4O2S2. The lowest BCUT2D eigenvalue weighted by molar-refractivity contribution is -0.113. The first-order valence-corrected chi connectivity index (χ1v) is 11.7. The van der Waals surface area contributed by atoms with Crippen molar-refractivity contribution in [2.24, 2.45) is 0 Å². The van der Waals surface area contributed by atoms with Crippen LogP contribution in [0.25, 0.3) is 16.4 Å². The zero-order valence-corrected chi connectivity index (χ0v) is 18.9. The largest absolute Gasteiger partial charge is 0.494 e. The van der Waals surface area contributed by atoms with E-state index in [1.165, 1.54) is 17.3 Å². The number of hydrogen-bond donors (Lipinski definition) is 1. The molecule has 8 heteroatoms. The van der Waals surface area contributed by atoms with Gasteiger partial charge in [0.1, 0.15) is 5.75 Å². The fourth-order valence-corrected chi connectivity index (χ4v) is 4.43. The quantitative estimate of drug-likeness (QED) is 0.362. The monoisotopic (exact) mass is 450 g/mol. The molecule has 0 aliphatic heterocycles. The van der Waals surface area contributed by atoms with Gasteiger partial charge in [-0.25, -0.2) is 0 Å². The van der Waals surface area contributed by atoms with Crippen molar-refractivity contribution in [2.45, 2.75) is 19.0 Å². The minimum absolute atomic E-state index is 0.106. The molecule has 0 atom stereocenters. The second-order valence-electron chi connectivity index (χ2n) is 6.75. The molecule has 0 bridgehead atoms. The van der Waals surface area contributed by atoms with Crippen molar-refractivity contribution in [3.63, 3.8) is 0 Å². The van der Waals surface area contributed by atoms with Crippen LogP contribution in [0.15, 0.2) is 71.2 Å². The van der Waals surface area contributed by atoms with E-state index in [2.05, 4.69) is 34.6 Å². The maximum absolute atomic E-state index is 12.5. The molecule has 0 aliphatic rings. The Morgan fingerprint density at radius 2 is 1.87 bits per heavy atom. The van der Waals surface area contributed by atoms with Gasteiger partial charge in [0.05, 0.1) is 17.2 Å². The lowest BCUT2D eigenvalue weighted by atomic mass is 10.2. The number of nitrogens with one attached hydrogen (secondary N) is 1. The highest BCUT2D eigenvalue weighted by molar-refractivity contribution is 7.99. The molecule has 0 aliphatic carbocycles. The molecule has 31 heavy (non-hydrogen) atoms. The van der Waals surface area contributed by atoms with E-state index in [0.29, 0.717) is 11.8 Å². The predicted molar refractivity (Wildman–Crippen MR) is 126 cm³/mol. The highest BCUT2D eigenvalue weighted by Gasteiger charge is 2.18. The van der Waals surface area contributed by atoms with Crippen LogP contribution in [0.3, 0.4) is 0 Å². The summed E-state index contributed by atoms with van der Waals surface area (Å²) < 4.78 is 7.43. The van der Waals surface area contributed by atoms with Crippen LogP contribution in [-0.2, 0) is 4.79 Å².